The van der Waals surface area contributed by atoms with Crippen LogP contribution in [0.25, 0.3) is 10.2 Å². The Bertz CT molecular complexity index is 458. The van der Waals surface area contributed by atoms with Crippen LogP contribution in [0.3, 0.4) is 0 Å². The number of nitriles is 1. The first-order chi connectivity index (χ1) is 6.42. The van der Waals surface area contributed by atoms with Gasteiger partial charge in [-0.2, -0.15) is 5.26 Å². The normalized spacial score (nSPS) is 10.1. The zero-order chi connectivity index (χ0) is 9.10. The lowest BCUT2D eigenvalue weighted by atomic mass is 10.5. The number of hydrogen-bond acceptors (Lipinski definition) is 5. The van der Waals surface area contributed by atoms with E-state index in [1.54, 1.807) is 11.3 Å². The molecule has 0 aromatic carbocycles. The summed E-state index contributed by atoms with van der Waals surface area (Å²) in [6, 6.07) is 4.04. The van der Waals surface area contributed by atoms with Gasteiger partial charge >= 0.3 is 0 Å². The van der Waals surface area contributed by atoms with Gasteiger partial charge in [-0.25, -0.2) is 9.97 Å². The molecule has 0 aliphatic rings. The molecule has 0 unspecified atom stereocenters. The zero-order valence-corrected chi connectivity index (χ0v) is 8.23. The van der Waals surface area contributed by atoms with Crippen LogP contribution in [0.15, 0.2) is 22.8 Å². The van der Waals surface area contributed by atoms with E-state index in [2.05, 4.69) is 16.0 Å². The molecule has 64 valence electrons. The number of rotatable bonds is 2. The minimum absolute atomic E-state index is 0.435. The fourth-order valence-electron chi connectivity index (χ4n) is 0.970. The van der Waals surface area contributed by atoms with Gasteiger partial charge in [0.25, 0.3) is 0 Å². The highest BCUT2D eigenvalue weighted by molar-refractivity contribution is 7.99. The van der Waals surface area contributed by atoms with E-state index in [0.29, 0.717) is 5.75 Å². The number of thiophene rings is 1. The Kier molecular flexibility index (Phi) is 2.43. The van der Waals surface area contributed by atoms with Gasteiger partial charge in [0.1, 0.15) is 11.4 Å². The number of hydrogen-bond donors (Lipinski definition) is 0. The van der Waals surface area contributed by atoms with Crippen LogP contribution in [0.5, 0.6) is 0 Å². The Labute approximate surface area is 83.4 Å². The summed E-state index contributed by atoms with van der Waals surface area (Å²) in [5, 5.41) is 11.3. The second-order valence-corrected chi connectivity index (χ2v) is 4.14. The molecule has 0 atom stereocenters. The average Bonchev–Trinajstić information content (AvgIpc) is 2.62. The molecule has 0 amide bonds. The van der Waals surface area contributed by atoms with E-state index in [4.69, 9.17) is 5.26 Å². The Morgan fingerprint density at radius 2 is 2.46 bits per heavy atom. The summed E-state index contributed by atoms with van der Waals surface area (Å²) in [5.74, 6) is 0.435. The van der Waals surface area contributed by atoms with E-state index >= 15 is 0 Å². The largest absolute Gasteiger partial charge is 0.235 e. The fraction of sp³-hybridized carbons (Fsp3) is 0.125. The lowest BCUT2D eigenvalue weighted by Gasteiger charge is -1.95. The highest BCUT2D eigenvalue weighted by atomic mass is 32.2. The van der Waals surface area contributed by atoms with E-state index in [0.717, 1.165) is 15.2 Å². The van der Waals surface area contributed by atoms with Crippen molar-refractivity contribution in [2.45, 2.75) is 5.03 Å². The molecule has 2 aromatic heterocycles. The summed E-state index contributed by atoms with van der Waals surface area (Å²) in [6.45, 7) is 0. The lowest BCUT2D eigenvalue weighted by molar-refractivity contribution is 1.11. The van der Waals surface area contributed by atoms with E-state index in [-0.39, 0.29) is 0 Å². The molecule has 0 bridgehead atoms. The predicted molar refractivity (Wildman–Crippen MR) is 53.8 cm³/mol. The van der Waals surface area contributed by atoms with Crippen molar-refractivity contribution >= 4 is 33.3 Å². The van der Waals surface area contributed by atoms with E-state index in [1.807, 2.05) is 11.4 Å². The average molecular weight is 207 g/mol. The predicted octanol–water partition coefficient (Wildman–Crippen LogP) is 2.31. The van der Waals surface area contributed by atoms with E-state index in [9.17, 15) is 0 Å². The maximum absolute atomic E-state index is 8.44. The van der Waals surface area contributed by atoms with Crippen LogP contribution in [0.2, 0.25) is 0 Å². The number of aromatic nitrogens is 2. The van der Waals surface area contributed by atoms with Crippen LogP contribution in [-0.2, 0) is 0 Å². The zero-order valence-electron chi connectivity index (χ0n) is 6.60. The molecule has 0 radical (unpaired) electrons. The van der Waals surface area contributed by atoms with E-state index in [1.165, 1.54) is 18.1 Å². The Morgan fingerprint density at radius 3 is 3.31 bits per heavy atom. The van der Waals surface area contributed by atoms with Crippen molar-refractivity contribution in [1.82, 2.24) is 9.97 Å². The van der Waals surface area contributed by atoms with Crippen LogP contribution in [0.4, 0.5) is 0 Å². The topological polar surface area (TPSA) is 49.6 Å². The van der Waals surface area contributed by atoms with Gasteiger partial charge in [0.15, 0.2) is 0 Å². The van der Waals surface area contributed by atoms with Crippen molar-refractivity contribution in [2.75, 3.05) is 5.75 Å². The number of thioether (sulfide) groups is 1. The maximum atomic E-state index is 8.44. The van der Waals surface area contributed by atoms with Gasteiger partial charge in [0.05, 0.1) is 22.0 Å². The van der Waals surface area contributed by atoms with Crippen molar-refractivity contribution < 1.29 is 0 Å². The van der Waals surface area contributed by atoms with Crippen molar-refractivity contribution in [3.8, 4) is 6.07 Å². The molecule has 3 nitrogen and oxygen atoms in total. The van der Waals surface area contributed by atoms with Crippen molar-refractivity contribution in [1.29, 1.82) is 5.26 Å². The van der Waals surface area contributed by atoms with Crippen LogP contribution in [-0.4, -0.2) is 15.7 Å². The molecule has 0 N–H and O–H groups in total. The van der Waals surface area contributed by atoms with Gasteiger partial charge < -0.3 is 0 Å². The van der Waals surface area contributed by atoms with Crippen LogP contribution < -0.4 is 0 Å². The Morgan fingerprint density at radius 1 is 1.54 bits per heavy atom. The molecular weight excluding hydrogens is 202 g/mol. The van der Waals surface area contributed by atoms with Gasteiger partial charge in [0, 0.05) is 0 Å². The summed E-state index contributed by atoms with van der Waals surface area (Å²) >= 11 is 3.06. The molecule has 0 saturated heterocycles. The summed E-state index contributed by atoms with van der Waals surface area (Å²) < 4.78 is 1.07. The molecule has 0 fully saturated rings. The van der Waals surface area contributed by atoms with Gasteiger partial charge in [-0.05, 0) is 11.4 Å². The van der Waals surface area contributed by atoms with Crippen LogP contribution in [0, 0.1) is 11.3 Å². The fourth-order valence-corrected chi connectivity index (χ4v) is 2.58. The molecule has 0 spiro atoms. The third kappa shape index (κ3) is 1.64. The highest BCUT2D eigenvalue weighted by Crippen LogP contribution is 2.28. The molecule has 0 aliphatic carbocycles. The number of nitrogens with zero attached hydrogens (tertiary/aromatic N) is 3. The molecule has 2 aromatic rings. The first-order valence-electron chi connectivity index (χ1n) is 3.60. The van der Waals surface area contributed by atoms with Gasteiger partial charge in [0.2, 0.25) is 0 Å². The lowest BCUT2D eigenvalue weighted by Crippen LogP contribution is -1.83. The van der Waals surface area contributed by atoms with Crippen molar-refractivity contribution in [2.24, 2.45) is 0 Å². The first-order valence-corrected chi connectivity index (χ1v) is 5.46. The summed E-state index contributed by atoms with van der Waals surface area (Å²) in [4.78, 5) is 8.24. The van der Waals surface area contributed by atoms with Crippen molar-refractivity contribution in [3.05, 3.63) is 17.8 Å². The molecular formula is C8H5N3S2. The van der Waals surface area contributed by atoms with Crippen molar-refractivity contribution in [3.63, 3.8) is 0 Å². The highest BCUT2D eigenvalue weighted by Gasteiger charge is 2.04. The Balaban J connectivity index is 2.44. The molecule has 0 saturated carbocycles. The molecule has 2 rings (SSSR count). The molecule has 2 heterocycles. The smallest absolute Gasteiger partial charge is 0.118 e. The summed E-state index contributed by atoms with van der Waals surface area (Å²) in [5.41, 5.74) is 0.959. The minimum atomic E-state index is 0.435. The van der Waals surface area contributed by atoms with Gasteiger partial charge in [-0.3, -0.25) is 0 Å². The first kappa shape index (κ1) is 8.48. The van der Waals surface area contributed by atoms with E-state index < -0.39 is 0 Å². The molecule has 0 aliphatic heterocycles. The Hall–Kier alpha value is -1.12. The quantitative estimate of drug-likeness (QED) is 0.560. The third-order valence-corrected chi connectivity index (χ3v) is 3.38. The molecule has 5 heteroatoms. The second-order valence-electron chi connectivity index (χ2n) is 2.26. The maximum Gasteiger partial charge on any atom is 0.118 e. The van der Waals surface area contributed by atoms with Crippen LogP contribution >= 0.6 is 23.1 Å². The summed E-state index contributed by atoms with van der Waals surface area (Å²) in [7, 11) is 0. The monoisotopic (exact) mass is 207 g/mol. The standard InChI is InChI=1S/C8H5N3S2/c9-2-4-13-8-7-6(1-3-12-7)10-5-11-8/h1,3,5H,4H2. The number of fused-ring (bicyclic) bond motifs is 1. The third-order valence-electron chi connectivity index (χ3n) is 1.48. The SMILES string of the molecule is N#CCSc1ncnc2ccsc12. The van der Waals surface area contributed by atoms with Gasteiger partial charge in [-0.1, -0.05) is 11.8 Å². The minimum Gasteiger partial charge on any atom is -0.235 e. The second kappa shape index (κ2) is 3.73. The summed E-state index contributed by atoms with van der Waals surface area (Å²) in [6.07, 6.45) is 1.54. The molecule has 13 heavy (non-hydrogen) atoms. The van der Waals surface area contributed by atoms with Crippen LogP contribution in [0.1, 0.15) is 0 Å². The van der Waals surface area contributed by atoms with Gasteiger partial charge in [-0.15, -0.1) is 11.3 Å².